The van der Waals surface area contributed by atoms with Crippen molar-refractivity contribution in [3.8, 4) is 0 Å². The molecule has 0 spiro atoms. The summed E-state index contributed by atoms with van der Waals surface area (Å²) < 4.78 is 2.28. The van der Waals surface area contributed by atoms with Crippen LogP contribution in [-0.4, -0.2) is 38.1 Å². The van der Waals surface area contributed by atoms with E-state index in [0.29, 0.717) is 24.0 Å². The number of fused-ring (bicyclic) bond motifs is 1. The molecule has 2 fully saturated rings. The van der Waals surface area contributed by atoms with Gasteiger partial charge in [-0.05, 0) is 50.9 Å². The molecule has 11 heteroatoms. The summed E-state index contributed by atoms with van der Waals surface area (Å²) in [4.78, 5) is 14.4. The summed E-state index contributed by atoms with van der Waals surface area (Å²) in [5.41, 5.74) is 7.92. The molecule has 2 aliphatic rings. The van der Waals surface area contributed by atoms with Crippen molar-refractivity contribution in [2.45, 2.75) is 89.8 Å². The molecule has 0 atom stereocenters. The lowest BCUT2D eigenvalue weighted by Crippen LogP contribution is -2.33. The summed E-state index contributed by atoms with van der Waals surface area (Å²) in [6, 6.07) is 1.27. The van der Waals surface area contributed by atoms with E-state index in [1.165, 1.54) is 25.7 Å². The quantitative estimate of drug-likeness (QED) is 0.420. The van der Waals surface area contributed by atoms with Crippen LogP contribution in [0.4, 0.5) is 11.8 Å². The van der Waals surface area contributed by atoms with Gasteiger partial charge < -0.3 is 20.9 Å². The second-order valence-corrected chi connectivity index (χ2v) is 9.02. The van der Waals surface area contributed by atoms with Gasteiger partial charge in [0.2, 0.25) is 5.95 Å². The smallest absolute Gasteiger partial charge is 0.227 e. The molecule has 2 saturated carbocycles. The van der Waals surface area contributed by atoms with Gasteiger partial charge in [0.1, 0.15) is 0 Å². The third-order valence-corrected chi connectivity index (χ3v) is 6.26. The molecule has 32 heavy (non-hydrogen) atoms. The zero-order valence-corrected chi connectivity index (χ0v) is 22.2. The van der Waals surface area contributed by atoms with Crippen LogP contribution in [0.2, 0.25) is 0 Å². The lowest BCUT2D eigenvalue weighted by molar-refractivity contribution is 0.410. The molecular formula is C21H39Cl4N7. The van der Waals surface area contributed by atoms with E-state index >= 15 is 0 Å². The Labute approximate surface area is 216 Å². The first-order valence-corrected chi connectivity index (χ1v) is 11.1. The fourth-order valence-corrected chi connectivity index (χ4v) is 4.48. The highest BCUT2D eigenvalue weighted by atomic mass is 35.5. The molecule has 186 valence electrons. The highest BCUT2D eigenvalue weighted by Gasteiger charge is 2.23. The monoisotopic (exact) mass is 529 g/mol. The molecule has 0 aliphatic heterocycles. The number of hydrogen-bond acceptors (Lipinski definition) is 6. The first kappa shape index (κ1) is 31.3. The number of imidazole rings is 1. The maximum Gasteiger partial charge on any atom is 0.227 e. The number of hydrogen-bond donors (Lipinski definition) is 3. The zero-order valence-electron chi connectivity index (χ0n) is 19.0. The van der Waals surface area contributed by atoms with Crippen LogP contribution >= 0.6 is 49.6 Å². The molecule has 0 bridgehead atoms. The van der Waals surface area contributed by atoms with Gasteiger partial charge in [0.25, 0.3) is 0 Å². The van der Waals surface area contributed by atoms with E-state index in [1.54, 1.807) is 0 Å². The number of nitrogens with one attached hydrogen (secondary N) is 2. The molecule has 4 N–H and O–H groups in total. The van der Waals surface area contributed by atoms with Crippen molar-refractivity contribution in [3.63, 3.8) is 0 Å². The fraction of sp³-hybridized carbons (Fsp3) is 0.762. The van der Waals surface area contributed by atoms with E-state index in [4.69, 9.17) is 15.7 Å². The van der Waals surface area contributed by atoms with Gasteiger partial charge in [-0.2, -0.15) is 9.97 Å². The molecular weight excluding hydrogens is 492 g/mol. The summed E-state index contributed by atoms with van der Waals surface area (Å²) in [5, 5.41) is 7.10. The topological polar surface area (TPSA) is 93.7 Å². The van der Waals surface area contributed by atoms with Crippen molar-refractivity contribution in [2.24, 2.45) is 11.7 Å². The average Bonchev–Trinajstić information content (AvgIpc) is 3.32. The largest absolute Gasteiger partial charge is 0.368 e. The van der Waals surface area contributed by atoms with Crippen molar-refractivity contribution in [2.75, 3.05) is 17.2 Å². The van der Waals surface area contributed by atoms with Crippen molar-refractivity contribution >= 4 is 72.6 Å². The number of nitrogens with zero attached hydrogens (tertiary/aromatic N) is 4. The highest BCUT2D eigenvalue weighted by Crippen LogP contribution is 2.33. The van der Waals surface area contributed by atoms with E-state index < -0.39 is 0 Å². The summed E-state index contributed by atoms with van der Waals surface area (Å²) in [6.07, 6.45) is 12.4. The Balaban J connectivity index is 0.00000240. The molecule has 0 unspecified atom stereocenters. The lowest BCUT2D eigenvalue weighted by atomic mass is 9.92. The Morgan fingerprint density at radius 3 is 2.28 bits per heavy atom. The maximum atomic E-state index is 6.06. The Morgan fingerprint density at radius 2 is 1.66 bits per heavy atom. The van der Waals surface area contributed by atoms with Gasteiger partial charge in [0.05, 0.1) is 6.33 Å². The molecule has 2 aromatic rings. The Morgan fingerprint density at radius 1 is 1.00 bits per heavy atom. The zero-order chi connectivity index (χ0) is 19.5. The molecule has 0 saturated heterocycles. The van der Waals surface area contributed by atoms with Crippen LogP contribution < -0.4 is 16.4 Å². The molecule has 2 aliphatic carbocycles. The standard InChI is InChI=1S/C21H35N7.4ClH/c1-14(2)11-12-23-19-18-20(28(13-24-18)17-5-3-4-6-17)27-21(26-19)25-16-9-7-15(22)8-10-16;;;;/h13-17H,3-12,22H2,1-2H3,(H2,23,25,26,27);4*1H. The second kappa shape index (κ2) is 14.5. The summed E-state index contributed by atoms with van der Waals surface area (Å²) in [6.45, 7) is 5.39. The average molecular weight is 531 g/mol. The van der Waals surface area contributed by atoms with Crippen LogP contribution in [0.5, 0.6) is 0 Å². The van der Waals surface area contributed by atoms with E-state index in [0.717, 1.165) is 61.6 Å². The normalized spacial score (nSPS) is 20.6. The van der Waals surface area contributed by atoms with Crippen LogP contribution in [0.1, 0.15) is 77.7 Å². The van der Waals surface area contributed by atoms with Crippen molar-refractivity contribution in [3.05, 3.63) is 6.33 Å². The third kappa shape index (κ3) is 7.66. The Hall–Kier alpha value is -0.730. The third-order valence-electron chi connectivity index (χ3n) is 6.26. The van der Waals surface area contributed by atoms with E-state index in [2.05, 4.69) is 34.0 Å². The minimum absolute atomic E-state index is 0. The van der Waals surface area contributed by atoms with Crippen LogP contribution in [-0.2, 0) is 0 Å². The lowest BCUT2D eigenvalue weighted by Gasteiger charge is -2.27. The van der Waals surface area contributed by atoms with E-state index in [-0.39, 0.29) is 49.6 Å². The predicted octanol–water partition coefficient (Wildman–Crippen LogP) is 5.77. The molecule has 4 rings (SSSR count). The first-order chi connectivity index (χ1) is 13.6. The number of nitrogens with two attached hydrogens (primary N) is 1. The van der Waals surface area contributed by atoms with Crippen LogP contribution in [0.15, 0.2) is 6.33 Å². The second-order valence-electron chi connectivity index (χ2n) is 9.02. The number of rotatable bonds is 7. The number of anilines is 2. The van der Waals surface area contributed by atoms with Crippen molar-refractivity contribution in [1.82, 2.24) is 19.5 Å². The summed E-state index contributed by atoms with van der Waals surface area (Å²) >= 11 is 0. The van der Waals surface area contributed by atoms with Gasteiger partial charge in [0.15, 0.2) is 17.0 Å². The van der Waals surface area contributed by atoms with Crippen molar-refractivity contribution in [1.29, 1.82) is 0 Å². The van der Waals surface area contributed by atoms with Gasteiger partial charge >= 0.3 is 0 Å². The van der Waals surface area contributed by atoms with Gasteiger partial charge in [-0.3, -0.25) is 0 Å². The van der Waals surface area contributed by atoms with Crippen LogP contribution in [0.25, 0.3) is 11.2 Å². The SMILES string of the molecule is CC(C)CCNc1nc(NC2CCC(N)CC2)nc2c1ncn2C1CCCC1.Cl.Cl.Cl.Cl. The molecule has 2 aromatic heterocycles. The minimum Gasteiger partial charge on any atom is -0.368 e. The molecule has 0 amide bonds. The fourth-order valence-electron chi connectivity index (χ4n) is 4.48. The van der Waals surface area contributed by atoms with Crippen LogP contribution in [0.3, 0.4) is 0 Å². The summed E-state index contributed by atoms with van der Waals surface area (Å²) in [7, 11) is 0. The first-order valence-electron chi connectivity index (χ1n) is 11.1. The molecule has 0 aromatic carbocycles. The Bertz CT molecular complexity index is 788. The highest BCUT2D eigenvalue weighted by molar-refractivity contribution is 5.86. The molecule has 0 radical (unpaired) electrons. The van der Waals surface area contributed by atoms with Gasteiger partial charge in [-0.15, -0.1) is 49.6 Å². The molecule has 2 heterocycles. The van der Waals surface area contributed by atoms with E-state index in [1.807, 2.05) is 6.33 Å². The van der Waals surface area contributed by atoms with Gasteiger partial charge in [0, 0.05) is 24.7 Å². The van der Waals surface area contributed by atoms with Crippen molar-refractivity contribution < 1.29 is 0 Å². The minimum atomic E-state index is 0. The molecule has 7 nitrogen and oxygen atoms in total. The number of halogens is 4. The Kier molecular flexibility index (Phi) is 14.2. The van der Waals surface area contributed by atoms with Gasteiger partial charge in [-0.1, -0.05) is 26.7 Å². The summed E-state index contributed by atoms with van der Waals surface area (Å²) in [5.74, 6) is 2.24. The number of aromatic nitrogens is 4. The van der Waals surface area contributed by atoms with Crippen LogP contribution in [0, 0.1) is 5.92 Å². The van der Waals surface area contributed by atoms with E-state index in [9.17, 15) is 0 Å². The van der Waals surface area contributed by atoms with Gasteiger partial charge in [-0.25, -0.2) is 4.98 Å². The maximum absolute atomic E-state index is 6.06. The predicted molar refractivity (Wildman–Crippen MR) is 144 cm³/mol.